The molecule has 114 valence electrons. The Morgan fingerprint density at radius 1 is 1.33 bits per heavy atom. The lowest BCUT2D eigenvalue weighted by atomic mass is 9.93. The Morgan fingerprint density at radius 3 is 2.90 bits per heavy atom. The highest BCUT2D eigenvalue weighted by Crippen LogP contribution is 2.36. The standard InChI is InChI=1S/C16H22N2O3/c1-17-8-5-12-6-9-18(10-7-12)16(19)13-3-2-4-14-15(13)21-11-20-14/h2-4,12,17H,5-11H2,1H3. The van der Waals surface area contributed by atoms with E-state index < -0.39 is 0 Å². The van der Waals surface area contributed by atoms with Gasteiger partial charge in [-0.15, -0.1) is 0 Å². The van der Waals surface area contributed by atoms with Crippen LogP contribution in [0.25, 0.3) is 0 Å². The van der Waals surface area contributed by atoms with Gasteiger partial charge in [0.05, 0.1) is 5.56 Å². The summed E-state index contributed by atoms with van der Waals surface area (Å²) in [6.07, 6.45) is 3.36. The summed E-state index contributed by atoms with van der Waals surface area (Å²) in [5, 5.41) is 3.19. The Labute approximate surface area is 125 Å². The summed E-state index contributed by atoms with van der Waals surface area (Å²) in [6, 6.07) is 5.51. The van der Waals surface area contributed by atoms with Crippen LogP contribution in [0.5, 0.6) is 11.5 Å². The highest BCUT2D eigenvalue weighted by atomic mass is 16.7. The van der Waals surface area contributed by atoms with Gasteiger partial charge in [0.1, 0.15) is 0 Å². The van der Waals surface area contributed by atoms with Crippen molar-refractivity contribution in [1.29, 1.82) is 0 Å². The number of carbonyl (C=O) groups excluding carboxylic acids is 1. The van der Waals surface area contributed by atoms with E-state index in [1.165, 1.54) is 6.42 Å². The molecule has 1 aromatic rings. The quantitative estimate of drug-likeness (QED) is 0.920. The van der Waals surface area contributed by atoms with E-state index >= 15 is 0 Å². The lowest BCUT2D eigenvalue weighted by molar-refractivity contribution is 0.0682. The molecule has 0 bridgehead atoms. The van der Waals surface area contributed by atoms with Crippen molar-refractivity contribution in [3.8, 4) is 11.5 Å². The van der Waals surface area contributed by atoms with E-state index in [1.807, 2.05) is 30.1 Å². The van der Waals surface area contributed by atoms with Gasteiger partial charge in [0, 0.05) is 13.1 Å². The summed E-state index contributed by atoms with van der Waals surface area (Å²) in [5.74, 6) is 2.05. The summed E-state index contributed by atoms with van der Waals surface area (Å²) in [5.41, 5.74) is 0.624. The number of hydrogen-bond acceptors (Lipinski definition) is 4. The zero-order valence-corrected chi connectivity index (χ0v) is 12.4. The van der Waals surface area contributed by atoms with Gasteiger partial charge in [-0.05, 0) is 50.9 Å². The summed E-state index contributed by atoms with van der Waals surface area (Å²) in [7, 11) is 1.98. The largest absolute Gasteiger partial charge is 0.454 e. The summed E-state index contributed by atoms with van der Waals surface area (Å²) in [4.78, 5) is 14.6. The normalized spacial score (nSPS) is 18.0. The van der Waals surface area contributed by atoms with Crippen LogP contribution in [-0.2, 0) is 0 Å². The SMILES string of the molecule is CNCCC1CCN(C(=O)c2cccc3c2OCO3)CC1. The Hall–Kier alpha value is -1.75. The Bertz CT molecular complexity index is 510. The molecule has 0 spiro atoms. The van der Waals surface area contributed by atoms with E-state index in [4.69, 9.17) is 9.47 Å². The summed E-state index contributed by atoms with van der Waals surface area (Å²) < 4.78 is 10.8. The monoisotopic (exact) mass is 290 g/mol. The number of carbonyl (C=O) groups is 1. The number of ether oxygens (including phenoxy) is 2. The van der Waals surface area contributed by atoms with E-state index in [0.29, 0.717) is 17.1 Å². The number of amides is 1. The van der Waals surface area contributed by atoms with Crippen molar-refractivity contribution in [3.05, 3.63) is 23.8 Å². The fourth-order valence-corrected chi connectivity index (χ4v) is 3.04. The van der Waals surface area contributed by atoms with Crippen LogP contribution in [0.1, 0.15) is 29.6 Å². The molecule has 0 atom stereocenters. The maximum Gasteiger partial charge on any atom is 0.257 e. The third-order valence-electron chi connectivity index (χ3n) is 4.33. The molecule has 5 heteroatoms. The van der Waals surface area contributed by atoms with Crippen LogP contribution in [0, 0.1) is 5.92 Å². The van der Waals surface area contributed by atoms with Crippen molar-refractivity contribution in [1.82, 2.24) is 10.2 Å². The number of rotatable bonds is 4. The number of likely N-dealkylation sites (tertiary alicyclic amines) is 1. The van der Waals surface area contributed by atoms with Crippen molar-refractivity contribution < 1.29 is 14.3 Å². The number of fused-ring (bicyclic) bond motifs is 1. The van der Waals surface area contributed by atoms with Crippen molar-refractivity contribution in [2.75, 3.05) is 33.5 Å². The van der Waals surface area contributed by atoms with Gasteiger partial charge in [-0.1, -0.05) is 6.07 Å². The molecule has 3 rings (SSSR count). The third-order valence-corrected chi connectivity index (χ3v) is 4.33. The zero-order valence-electron chi connectivity index (χ0n) is 12.4. The number of nitrogens with zero attached hydrogens (tertiary/aromatic N) is 1. The van der Waals surface area contributed by atoms with Crippen LogP contribution in [0.3, 0.4) is 0 Å². The molecule has 0 aliphatic carbocycles. The molecule has 0 unspecified atom stereocenters. The molecular formula is C16H22N2O3. The van der Waals surface area contributed by atoms with Crippen molar-refractivity contribution in [2.24, 2.45) is 5.92 Å². The van der Waals surface area contributed by atoms with Gasteiger partial charge in [-0.2, -0.15) is 0 Å². The predicted molar refractivity (Wildman–Crippen MR) is 79.7 cm³/mol. The second-order valence-electron chi connectivity index (χ2n) is 5.67. The second-order valence-corrected chi connectivity index (χ2v) is 5.67. The van der Waals surface area contributed by atoms with Crippen LogP contribution < -0.4 is 14.8 Å². The van der Waals surface area contributed by atoms with Gasteiger partial charge in [-0.25, -0.2) is 0 Å². The van der Waals surface area contributed by atoms with Crippen molar-refractivity contribution >= 4 is 5.91 Å². The van der Waals surface area contributed by atoms with Gasteiger partial charge in [0.15, 0.2) is 11.5 Å². The van der Waals surface area contributed by atoms with Gasteiger partial charge in [0.2, 0.25) is 6.79 Å². The average molecular weight is 290 g/mol. The minimum atomic E-state index is 0.0596. The first-order chi connectivity index (χ1) is 10.3. The molecule has 0 radical (unpaired) electrons. The molecule has 5 nitrogen and oxygen atoms in total. The van der Waals surface area contributed by atoms with Gasteiger partial charge < -0.3 is 19.7 Å². The molecule has 1 amide bonds. The highest BCUT2D eigenvalue weighted by molar-refractivity contribution is 5.98. The number of para-hydroxylation sites is 1. The molecule has 0 aromatic heterocycles. The first kappa shape index (κ1) is 14.2. The fraction of sp³-hybridized carbons (Fsp3) is 0.562. The minimum Gasteiger partial charge on any atom is -0.454 e. The molecule has 1 N–H and O–H groups in total. The number of nitrogens with one attached hydrogen (secondary N) is 1. The van der Waals surface area contributed by atoms with Crippen LogP contribution in [0.2, 0.25) is 0 Å². The predicted octanol–water partition coefficient (Wildman–Crippen LogP) is 1.88. The van der Waals surface area contributed by atoms with Gasteiger partial charge in [-0.3, -0.25) is 4.79 Å². The number of piperidine rings is 1. The maximum absolute atomic E-state index is 12.7. The van der Waals surface area contributed by atoms with Crippen LogP contribution in [-0.4, -0.2) is 44.3 Å². The molecule has 1 saturated heterocycles. The number of hydrogen-bond donors (Lipinski definition) is 1. The maximum atomic E-state index is 12.7. The topological polar surface area (TPSA) is 50.8 Å². The molecule has 2 heterocycles. The van der Waals surface area contributed by atoms with E-state index in [0.717, 1.165) is 38.4 Å². The Kier molecular flexibility index (Phi) is 4.29. The average Bonchev–Trinajstić information content (AvgIpc) is 3.01. The number of benzene rings is 1. The van der Waals surface area contributed by atoms with Crippen LogP contribution in [0.15, 0.2) is 18.2 Å². The lowest BCUT2D eigenvalue weighted by Gasteiger charge is -2.32. The van der Waals surface area contributed by atoms with Crippen LogP contribution in [0.4, 0.5) is 0 Å². The molecule has 0 saturated carbocycles. The van der Waals surface area contributed by atoms with E-state index in [1.54, 1.807) is 0 Å². The molecule has 2 aliphatic rings. The minimum absolute atomic E-state index is 0.0596. The van der Waals surface area contributed by atoms with Crippen molar-refractivity contribution in [2.45, 2.75) is 19.3 Å². The Morgan fingerprint density at radius 2 is 2.14 bits per heavy atom. The van der Waals surface area contributed by atoms with E-state index in [2.05, 4.69) is 5.32 Å². The van der Waals surface area contributed by atoms with Crippen molar-refractivity contribution in [3.63, 3.8) is 0 Å². The van der Waals surface area contributed by atoms with Crippen LogP contribution >= 0.6 is 0 Å². The van der Waals surface area contributed by atoms with Gasteiger partial charge in [0.25, 0.3) is 5.91 Å². The smallest absolute Gasteiger partial charge is 0.257 e. The van der Waals surface area contributed by atoms with E-state index in [9.17, 15) is 4.79 Å². The first-order valence-electron chi connectivity index (χ1n) is 7.62. The molecule has 1 fully saturated rings. The summed E-state index contributed by atoms with van der Waals surface area (Å²) in [6.45, 7) is 2.91. The molecule has 1 aromatic carbocycles. The van der Waals surface area contributed by atoms with Gasteiger partial charge >= 0.3 is 0 Å². The Balaban J connectivity index is 1.64. The second kappa shape index (κ2) is 6.35. The molecular weight excluding hydrogens is 268 g/mol. The summed E-state index contributed by atoms with van der Waals surface area (Å²) >= 11 is 0. The van der Waals surface area contributed by atoms with E-state index in [-0.39, 0.29) is 12.7 Å². The molecule has 2 aliphatic heterocycles. The first-order valence-corrected chi connectivity index (χ1v) is 7.62. The fourth-order valence-electron chi connectivity index (χ4n) is 3.04. The molecule has 21 heavy (non-hydrogen) atoms. The third kappa shape index (κ3) is 2.97. The lowest BCUT2D eigenvalue weighted by Crippen LogP contribution is -2.39. The highest BCUT2D eigenvalue weighted by Gasteiger charge is 2.28. The zero-order chi connectivity index (χ0) is 14.7.